The molecule has 5 heteroatoms. The van der Waals surface area contributed by atoms with Crippen molar-refractivity contribution >= 4 is 17.5 Å². The number of benzene rings is 3. The zero-order valence-corrected chi connectivity index (χ0v) is 15.4. The van der Waals surface area contributed by atoms with Gasteiger partial charge < -0.3 is 15.4 Å². The summed E-state index contributed by atoms with van der Waals surface area (Å²) in [6.45, 7) is 0.511. The van der Waals surface area contributed by atoms with Crippen LogP contribution in [0.5, 0.6) is 5.75 Å². The molecule has 0 saturated carbocycles. The molecule has 3 aromatic rings. The minimum absolute atomic E-state index is 0.237. The second kappa shape index (κ2) is 9.92. The SMILES string of the molecule is O=C(NCCOc1ccccc1Cc1ccccc1)C(=O)Nc1ccccc1. The first-order chi connectivity index (χ1) is 13.7. The fourth-order valence-electron chi connectivity index (χ4n) is 2.72. The van der Waals surface area contributed by atoms with Crippen molar-refractivity contribution in [2.75, 3.05) is 18.5 Å². The van der Waals surface area contributed by atoms with E-state index in [1.54, 1.807) is 24.3 Å². The molecule has 142 valence electrons. The summed E-state index contributed by atoms with van der Waals surface area (Å²) in [5, 5.41) is 5.11. The second-order valence-corrected chi connectivity index (χ2v) is 6.19. The number of anilines is 1. The van der Waals surface area contributed by atoms with Crippen LogP contribution in [0, 0.1) is 0 Å². The molecule has 2 amide bonds. The van der Waals surface area contributed by atoms with Crippen molar-refractivity contribution in [1.82, 2.24) is 5.32 Å². The van der Waals surface area contributed by atoms with Crippen LogP contribution in [0.15, 0.2) is 84.9 Å². The topological polar surface area (TPSA) is 67.4 Å². The van der Waals surface area contributed by atoms with Crippen molar-refractivity contribution in [3.63, 3.8) is 0 Å². The van der Waals surface area contributed by atoms with E-state index in [-0.39, 0.29) is 13.2 Å². The van der Waals surface area contributed by atoms with E-state index in [4.69, 9.17) is 4.74 Å². The fourth-order valence-corrected chi connectivity index (χ4v) is 2.72. The third-order valence-corrected chi connectivity index (χ3v) is 4.09. The Morgan fingerprint density at radius 2 is 1.39 bits per heavy atom. The van der Waals surface area contributed by atoms with Crippen LogP contribution >= 0.6 is 0 Å². The van der Waals surface area contributed by atoms with Crippen molar-refractivity contribution in [2.24, 2.45) is 0 Å². The van der Waals surface area contributed by atoms with Gasteiger partial charge in [0.15, 0.2) is 0 Å². The summed E-state index contributed by atoms with van der Waals surface area (Å²) in [7, 11) is 0. The largest absolute Gasteiger partial charge is 0.491 e. The Bertz CT molecular complexity index is 911. The molecule has 0 aliphatic heterocycles. The van der Waals surface area contributed by atoms with Crippen molar-refractivity contribution in [3.05, 3.63) is 96.1 Å². The summed E-state index contributed by atoms with van der Waals surface area (Å²) in [6.07, 6.45) is 0.767. The first-order valence-corrected chi connectivity index (χ1v) is 9.11. The third-order valence-electron chi connectivity index (χ3n) is 4.09. The quantitative estimate of drug-likeness (QED) is 0.492. The highest BCUT2D eigenvalue weighted by Gasteiger charge is 2.13. The van der Waals surface area contributed by atoms with Crippen LogP contribution in [0.1, 0.15) is 11.1 Å². The van der Waals surface area contributed by atoms with Crippen LogP contribution in [-0.4, -0.2) is 25.0 Å². The molecular formula is C23H22N2O3. The normalized spacial score (nSPS) is 10.1. The second-order valence-electron chi connectivity index (χ2n) is 6.19. The van der Waals surface area contributed by atoms with Gasteiger partial charge in [-0.25, -0.2) is 0 Å². The molecule has 0 unspecified atom stereocenters. The molecule has 0 saturated heterocycles. The molecule has 0 aliphatic carbocycles. The lowest BCUT2D eigenvalue weighted by molar-refractivity contribution is -0.136. The highest BCUT2D eigenvalue weighted by Crippen LogP contribution is 2.21. The Hall–Kier alpha value is -3.60. The van der Waals surface area contributed by atoms with E-state index in [0.717, 1.165) is 17.7 Å². The Kier molecular flexibility index (Phi) is 6.79. The molecule has 0 radical (unpaired) electrons. The summed E-state index contributed by atoms with van der Waals surface area (Å²) < 4.78 is 5.81. The molecule has 0 heterocycles. The standard InChI is InChI=1S/C23H22N2O3/c26-22(23(27)25-20-12-5-2-6-13-20)24-15-16-28-21-14-8-7-11-19(21)17-18-9-3-1-4-10-18/h1-14H,15-17H2,(H,24,26)(H,25,27). The Morgan fingerprint density at radius 3 is 2.14 bits per heavy atom. The predicted octanol–water partition coefficient (Wildman–Crippen LogP) is 3.41. The average Bonchev–Trinajstić information content (AvgIpc) is 2.73. The maximum atomic E-state index is 11.9. The van der Waals surface area contributed by atoms with Crippen LogP contribution < -0.4 is 15.4 Å². The lowest BCUT2D eigenvalue weighted by Gasteiger charge is -2.12. The number of para-hydroxylation sites is 2. The molecule has 0 aliphatic rings. The molecule has 3 aromatic carbocycles. The van der Waals surface area contributed by atoms with Gasteiger partial charge in [0.2, 0.25) is 0 Å². The van der Waals surface area contributed by atoms with E-state index in [1.165, 1.54) is 5.56 Å². The van der Waals surface area contributed by atoms with Gasteiger partial charge in [-0.3, -0.25) is 9.59 Å². The molecule has 5 nitrogen and oxygen atoms in total. The van der Waals surface area contributed by atoms with E-state index >= 15 is 0 Å². The number of carbonyl (C=O) groups excluding carboxylic acids is 2. The van der Waals surface area contributed by atoms with E-state index in [0.29, 0.717) is 5.69 Å². The number of hydrogen-bond donors (Lipinski definition) is 2. The number of amides is 2. The monoisotopic (exact) mass is 374 g/mol. The molecule has 0 aromatic heterocycles. The first kappa shape index (κ1) is 19.2. The summed E-state index contributed by atoms with van der Waals surface area (Å²) in [5.74, 6) is -0.616. The molecule has 0 bridgehead atoms. The van der Waals surface area contributed by atoms with Gasteiger partial charge in [0.05, 0.1) is 6.54 Å². The van der Waals surface area contributed by atoms with Crippen molar-refractivity contribution in [1.29, 1.82) is 0 Å². The molecule has 0 fully saturated rings. The number of nitrogens with one attached hydrogen (secondary N) is 2. The maximum absolute atomic E-state index is 11.9. The van der Waals surface area contributed by atoms with Gasteiger partial charge in [-0.05, 0) is 29.3 Å². The zero-order chi connectivity index (χ0) is 19.6. The Labute approximate surface area is 164 Å². The lowest BCUT2D eigenvalue weighted by Crippen LogP contribution is -2.37. The molecule has 2 N–H and O–H groups in total. The van der Waals surface area contributed by atoms with Crippen LogP contribution in [0.4, 0.5) is 5.69 Å². The molecule has 0 atom stereocenters. The summed E-state index contributed by atoms with van der Waals surface area (Å²) >= 11 is 0. The Morgan fingerprint density at radius 1 is 0.750 bits per heavy atom. The third kappa shape index (κ3) is 5.71. The fraction of sp³-hybridized carbons (Fsp3) is 0.130. The van der Waals surface area contributed by atoms with Gasteiger partial charge in [-0.15, -0.1) is 0 Å². The first-order valence-electron chi connectivity index (χ1n) is 9.11. The lowest BCUT2D eigenvalue weighted by atomic mass is 10.0. The van der Waals surface area contributed by atoms with Crippen LogP contribution in [-0.2, 0) is 16.0 Å². The smallest absolute Gasteiger partial charge is 0.313 e. The van der Waals surface area contributed by atoms with E-state index in [2.05, 4.69) is 22.8 Å². The van der Waals surface area contributed by atoms with Crippen LogP contribution in [0.3, 0.4) is 0 Å². The van der Waals surface area contributed by atoms with E-state index in [1.807, 2.05) is 48.5 Å². The number of rotatable bonds is 7. The van der Waals surface area contributed by atoms with Gasteiger partial charge in [0.1, 0.15) is 12.4 Å². The van der Waals surface area contributed by atoms with Gasteiger partial charge in [0.25, 0.3) is 0 Å². The van der Waals surface area contributed by atoms with Crippen molar-refractivity contribution < 1.29 is 14.3 Å². The summed E-state index contributed by atoms with van der Waals surface area (Å²) in [6, 6.07) is 26.8. The van der Waals surface area contributed by atoms with E-state index in [9.17, 15) is 9.59 Å². The highest BCUT2D eigenvalue weighted by atomic mass is 16.5. The number of hydrogen-bond acceptors (Lipinski definition) is 3. The minimum atomic E-state index is -0.698. The Balaban J connectivity index is 1.46. The van der Waals surface area contributed by atoms with Crippen molar-refractivity contribution in [2.45, 2.75) is 6.42 Å². The van der Waals surface area contributed by atoms with Gasteiger partial charge in [-0.1, -0.05) is 66.7 Å². The van der Waals surface area contributed by atoms with Crippen LogP contribution in [0.2, 0.25) is 0 Å². The number of ether oxygens (including phenoxy) is 1. The van der Waals surface area contributed by atoms with Crippen LogP contribution in [0.25, 0.3) is 0 Å². The molecular weight excluding hydrogens is 352 g/mol. The van der Waals surface area contributed by atoms with Gasteiger partial charge in [0, 0.05) is 12.1 Å². The summed E-state index contributed by atoms with van der Waals surface area (Å²) in [5.41, 5.74) is 2.85. The maximum Gasteiger partial charge on any atom is 0.313 e. The average molecular weight is 374 g/mol. The highest BCUT2D eigenvalue weighted by molar-refractivity contribution is 6.39. The van der Waals surface area contributed by atoms with Gasteiger partial charge in [-0.2, -0.15) is 0 Å². The summed E-state index contributed by atoms with van der Waals surface area (Å²) in [4.78, 5) is 23.8. The van der Waals surface area contributed by atoms with E-state index < -0.39 is 11.8 Å². The number of carbonyl (C=O) groups is 2. The molecule has 3 rings (SSSR count). The van der Waals surface area contributed by atoms with Crippen molar-refractivity contribution in [3.8, 4) is 5.75 Å². The zero-order valence-electron chi connectivity index (χ0n) is 15.4. The van der Waals surface area contributed by atoms with Gasteiger partial charge >= 0.3 is 11.8 Å². The minimum Gasteiger partial charge on any atom is -0.491 e. The molecule has 0 spiro atoms. The predicted molar refractivity (Wildman–Crippen MR) is 109 cm³/mol. The molecule has 28 heavy (non-hydrogen) atoms.